The predicted molar refractivity (Wildman–Crippen MR) is 80.5 cm³/mol. The Bertz CT molecular complexity index is 360. The highest BCUT2D eigenvalue weighted by Gasteiger charge is 2.38. The molecule has 1 amide bonds. The van der Waals surface area contributed by atoms with Crippen LogP contribution in [0.2, 0.25) is 0 Å². The number of rotatable bonds is 1. The van der Waals surface area contributed by atoms with Crippen molar-refractivity contribution in [2.75, 3.05) is 33.2 Å². The molecular weight excluding hydrogens is 250 g/mol. The average molecular weight is 279 g/mol. The van der Waals surface area contributed by atoms with Crippen molar-refractivity contribution in [1.29, 1.82) is 0 Å². The smallest absolute Gasteiger partial charge is 0.239 e. The van der Waals surface area contributed by atoms with E-state index in [1.165, 1.54) is 32.2 Å². The van der Waals surface area contributed by atoms with Crippen LogP contribution >= 0.6 is 0 Å². The van der Waals surface area contributed by atoms with E-state index in [1.807, 2.05) is 0 Å². The van der Waals surface area contributed by atoms with Crippen LogP contribution in [0, 0.1) is 11.8 Å². The van der Waals surface area contributed by atoms with Crippen LogP contribution in [0.3, 0.4) is 0 Å². The molecule has 0 aromatic heterocycles. The molecule has 20 heavy (non-hydrogen) atoms. The molecule has 1 N–H and O–H groups in total. The summed E-state index contributed by atoms with van der Waals surface area (Å²) in [6.45, 7) is 6.39. The molecule has 3 rings (SSSR count). The Labute approximate surface area is 122 Å². The molecule has 0 aliphatic carbocycles. The van der Waals surface area contributed by atoms with Crippen molar-refractivity contribution in [3.05, 3.63) is 0 Å². The van der Waals surface area contributed by atoms with Crippen molar-refractivity contribution < 1.29 is 4.79 Å². The third-order valence-corrected chi connectivity index (χ3v) is 5.69. The molecular formula is C16H29N3O. The fourth-order valence-electron chi connectivity index (χ4n) is 4.43. The molecule has 0 saturated carbocycles. The van der Waals surface area contributed by atoms with Gasteiger partial charge in [-0.1, -0.05) is 6.92 Å². The summed E-state index contributed by atoms with van der Waals surface area (Å²) in [6.07, 6.45) is 6.14. The van der Waals surface area contributed by atoms with E-state index >= 15 is 0 Å². The second kappa shape index (κ2) is 6.02. The van der Waals surface area contributed by atoms with Crippen LogP contribution < -0.4 is 5.32 Å². The molecule has 0 bridgehead atoms. The Kier molecular flexibility index (Phi) is 4.32. The molecule has 0 aromatic rings. The number of piperidine rings is 3. The Balaban J connectivity index is 1.62. The quantitative estimate of drug-likeness (QED) is 0.786. The first-order valence-electron chi connectivity index (χ1n) is 8.39. The third-order valence-electron chi connectivity index (χ3n) is 5.69. The van der Waals surface area contributed by atoms with Gasteiger partial charge in [0.15, 0.2) is 0 Å². The lowest BCUT2D eigenvalue weighted by atomic mass is 9.83. The molecule has 4 heteroatoms. The molecule has 0 spiro atoms. The zero-order valence-electron chi connectivity index (χ0n) is 13.0. The lowest BCUT2D eigenvalue weighted by Gasteiger charge is -2.47. The maximum atomic E-state index is 12.8. The van der Waals surface area contributed by atoms with E-state index in [1.54, 1.807) is 0 Å². The summed E-state index contributed by atoms with van der Waals surface area (Å²) in [6, 6.07) is 0.783. The number of amides is 1. The van der Waals surface area contributed by atoms with E-state index in [0.717, 1.165) is 26.1 Å². The molecule has 0 aromatic carbocycles. The van der Waals surface area contributed by atoms with Gasteiger partial charge in [0, 0.05) is 19.1 Å². The van der Waals surface area contributed by atoms with Crippen molar-refractivity contribution in [3.63, 3.8) is 0 Å². The second-order valence-corrected chi connectivity index (χ2v) is 7.07. The van der Waals surface area contributed by atoms with Crippen LogP contribution in [0.25, 0.3) is 0 Å². The van der Waals surface area contributed by atoms with Gasteiger partial charge in [0.1, 0.15) is 0 Å². The minimum absolute atomic E-state index is 0.0709. The summed E-state index contributed by atoms with van der Waals surface area (Å²) in [5.74, 6) is 1.55. The fraction of sp³-hybridized carbons (Fsp3) is 0.938. The van der Waals surface area contributed by atoms with Crippen LogP contribution in [-0.2, 0) is 4.79 Å². The van der Waals surface area contributed by atoms with Crippen LogP contribution in [0.1, 0.15) is 39.0 Å². The summed E-state index contributed by atoms with van der Waals surface area (Å²) in [5.41, 5.74) is 0. The molecule has 4 unspecified atom stereocenters. The highest BCUT2D eigenvalue weighted by molar-refractivity contribution is 5.82. The van der Waals surface area contributed by atoms with Crippen LogP contribution in [0.5, 0.6) is 0 Å². The van der Waals surface area contributed by atoms with Gasteiger partial charge in [0.2, 0.25) is 5.91 Å². The van der Waals surface area contributed by atoms with Gasteiger partial charge in [-0.3, -0.25) is 4.79 Å². The van der Waals surface area contributed by atoms with Gasteiger partial charge < -0.3 is 15.1 Å². The molecule has 3 fully saturated rings. The topological polar surface area (TPSA) is 35.6 Å². The van der Waals surface area contributed by atoms with Crippen molar-refractivity contribution in [1.82, 2.24) is 15.1 Å². The monoisotopic (exact) mass is 279 g/mol. The minimum atomic E-state index is 0.0709. The van der Waals surface area contributed by atoms with Crippen molar-refractivity contribution in [2.45, 2.75) is 51.1 Å². The summed E-state index contributed by atoms with van der Waals surface area (Å²) < 4.78 is 0. The minimum Gasteiger partial charge on any atom is -0.341 e. The first kappa shape index (κ1) is 14.3. The van der Waals surface area contributed by atoms with E-state index in [4.69, 9.17) is 0 Å². The maximum absolute atomic E-state index is 12.8. The molecule has 3 heterocycles. The highest BCUT2D eigenvalue weighted by Crippen LogP contribution is 2.30. The number of carbonyl (C=O) groups is 1. The second-order valence-electron chi connectivity index (χ2n) is 7.07. The van der Waals surface area contributed by atoms with E-state index in [-0.39, 0.29) is 6.04 Å². The highest BCUT2D eigenvalue weighted by atomic mass is 16.2. The van der Waals surface area contributed by atoms with Crippen molar-refractivity contribution in [2.24, 2.45) is 11.8 Å². The zero-order valence-corrected chi connectivity index (χ0v) is 13.0. The van der Waals surface area contributed by atoms with E-state index in [2.05, 4.69) is 29.1 Å². The van der Waals surface area contributed by atoms with Crippen molar-refractivity contribution >= 4 is 5.91 Å². The first-order valence-corrected chi connectivity index (χ1v) is 8.39. The predicted octanol–water partition coefficient (Wildman–Crippen LogP) is 1.32. The molecule has 3 saturated heterocycles. The van der Waals surface area contributed by atoms with Gasteiger partial charge in [-0.25, -0.2) is 0 Å². The van der Waals surface area contributed by atoms with Gasteiger partial charge in [-0.2, -0.15) is 0 Å². The third kappa shape index (κ3) is 2.73. The number of hydrogen-bond acceptors (Lipinski definition) is 3. The Morgan fingerprint density at radius 1 is 1.15 bits per heavy atom. The van der Waals surface area contributed by atoms with Gasteiger partial charge in [0.25, 0.3) is 0 Å². The zero-order chi connectivity index (χ0) is 14.1. The van der Waals surface area contributed by atoms with Crippen molar-refractivity contribution in [3.8, 4) is 0 Å². The van der Waals surface area contributed by atoms with Gasteiger partial charge in [-0.15, -0.1) is 0 Å². The van der Waals surface area contributed by atoms with Gasteiger partial charge in [0.05, 0.1) is 6.04 Å². The van der Waals surface area contributed by atoms with Crippen LogP contribution in [0.15, 0.2) is 0 Å². The standard InChI is InChI=1S/C16H29N3O/c1-12-5-3-8-17-15(12)16(20)19-10-7-14-13(11-19)6-4-9-18(14)2/h12-15,17H,3-11H2,1-2H3. The molecule has 114 valence electrons. The Morgan fingerprint density at radius 3 is 2.80 bits per heavy atom. The SMILES string of the molecule is CC1CCCNC1C(=O)N1CCC2C(CCCN2C)C1. The lowest BCUT2D eigenvalue weighted by Crippen LogP contribution is -2.58. The largest absolute Gasteiger partial charge is 0.341 e. The molecule has 3 aliphatic rings. The first-order chi connectivity index (χ1) is 9.66. The lowest BCUT2D eigenvalue weighted by molar-refractivity contribution is -0.138. The van der Waals surface area contributed by atoms with E-state index in [0.29, 0.717) is 23.8 Å². The summed E-state index contributed by atoms with van der Waals surface area (Å²) in [5, 5.41) is 3.45. The van der Waals surface area contributed by atoms with E-state index in [9.17, 15) is 4.79 Å². The Hall–Kier alpha value is -0.610. The summed E-state index contributed by atoms with van der Waals surface area (Å²) in [7, 11) is 2.25. The molecule has 0 radical (unpaired) electrons. The van der Waals surface area contributed by atoms with Crippen LogP contribution in [-0.4, -0.2) is 61.0 Å². The molecule has 3 aliphatic heterocycles. The molecule has 4 nitrogen and oxygen atoms in total. The molecule has 4 atom stereocenters. The normalized spacial score (nSPS) is 39.4. The van der Waals surface area contributed by atoms with Gasteiger partial charge in [-0.05, 0) is 64.1 Å². The summed E-state index contributed by atoms with van der Waals surface area (Å²) >= 11 is 0. The number of fused-ring (bicyclic) bond motifs is 1. The maximum Gasteiger partial charge on any atom is 0.239 e. The fourth-order valence-corrected chi connectivity index (χ4v) is 4.43. The number of hydrogen-bond donors (Lipinski definition) is 1. The Morgan fingerprint density at radius 2 is 2.00 bits per heavy atom. The van der Waals surface area contributed by atoms with Gasteiger partial charge >= 0.3 is 0 Å². The number of carbonyl (C=O) groups excluding carboxylic acids is 1. The van der Waals surface area contributed by atoms with Crippen LogP contribution in [0.4, 0.5) is 0 Å². The average Bonchev–Trinajstić information content (AvgIpc) is 2.47. The number of likely N-dealkylation sites (tertiary alicyclic amines) is 2. The number of nitrogens with zero attached hydrogens (tertiary/aromatic N) is 2. The van der Waals surface area contributed by atoms with E-state index < -0.39 is 0 Å². The summed E-state index contributed by atoms with van der Waals surface area (Å²) in [4.78, 5) is 17.4. The number of nitrogens with one attached hydrogen (secondary N) is 1.